The van der Waals surface area contributed by atoms with Crippen molar-refractivity contribution < 1.29 is 14.3 Å². The van der Waals surface area contributed by atoms with Crippen molar-refractivity contribution in [3.63, 3.8) is 0 Å². The molecule has 0 radical (unpaired) electrons. The Morgan fingerprint density at radius 2 is 1.87 bits per heavy atom. The number of hydrogen-bond acceptors (Lipinski definition) is 4. The lowest BCUT2D eigenvalue weighted by molar-refractivity contribution is -0.137. The van der Waals surface area contributed by atoms with E-state index in [9.17, 15) is 4.79 Å². The van der Waals surface area contributed by atoms with E-state index in [2.05, 4.69) is 6.58 Å². The first-order valence-electron chi connectivity index (χ1n) is 6.95. The maximum atomic E-state index is 11.7. The lowest BCUT2D eigenvalue weighted by Crippen LogP contribution is -2.06. The molecule has 0 aliphatic carbocycles. The second kappa shape index (κ2) is 8.20. The average molecular weight is 305 g/mol. The quantitative estimate of drug-likeness (QED) is 0.349. The normalized spacial score (nSPS) is 10.5. The summed E-state index contributed by atoms with van der Waals surface area (Å²) >= 11 is 0. The molecule has 0 heterocycles. The number of esters is 1. The predicted molar refractivity (Wildman–Crippen MR) is 87.7 cm³/mol. The summed E-state index contributed by atoms with van der Waals surface area (Å²) in [6.45, 7) is 3.52. The standard InChI is InChI=1S/C19H15NO3/c1-2-11-22-19(21)16(14-20)12-15-7-6-10-18(13-15)23-17-8-4-3-5-9-17/h2-10,12-13H,1,11H2/b16-12+. The Hall–Kier alpha value is -3.32. The maximum Gasteiger partial charge on any atom is 0.349 e. The van der Waals surface area contributed by atoms with E-state index in [0.717, 1.165) is 0 Å². The molecule has 0 aliphatic heterocycles. The first-order valence-corrected chi connectivity index (χ1v) is 6.95. The van der Waals surface area contributed by atoms with Gasteiger partial charge in [-0.15, -0.1) is 0 Å². The fourth-order valence-electron chi connectivity index (χ4n) is 1.81. The predicted octanol–water partition coefficient (Wildman–Crippen LogP) is 4.12. The minimum atomic E-state index is -0.679. The number of hydrogen-bond donors (Lipinski definition) is 0. The Balaban J connectivity index is 2.18. The van der Waals surface area contributed by atoms with Crippen LogP contribution in [0, 0.1) is 11.3 Å². The molecular weight excluding hydrogens is 290 g/mol. The third-order valence-corrected chi connectivity index (χ3v) is 2.82. The summed E-state index contributed by atoms with van der Waals surface area (Å²) in [5.41, 5.74) is 0.592. The van der Waals surface area contributed by atoms with Crippen molar-refractivity contribution in [1.29, 1.82) is 5.26 Å². The van der Waals surface area contributed by atoms with Crippen LogP contribution in [0.2, 0.25) is 0 Å². The van der Waals surface area contributed by atoms with E-state index in [1.807, 2.05) is 36.4 Å². The van der Waals surface area contributed by atoms with E-state index in [4.69, 9.17) is 14.7 Å². The molecule has 0 atom stereocenters. The minimum absolute atomic E-state index is 0.0645. The Bertz CT molecular complexity index is 758. The SMILES string of the molecule is C=CCOC(=O)/C(C#N)=C/c1cccc(Oc2ccccc2)c1. The van der Waals surface area contributed by atoms with Gasteiger partial charge in [0.15, 0.2) is 0 Å². The first kappa shape index (κ1) is 16.1. The van der Waals surface area contributed by atoms with Crippen LogP contribution in [0.5, 0.6) is 11.5 Å². The zero-order chi connectivity index (χ0) is 16.5. The van der Waals surface area contributed by atoms with E-state index >= 15 is 0 Å². The summed E-state index contributed by atoms with van der Waals surface area (Å²) in [4.78, 5) is 11.7. The Labute approximate surface area is 134 Å². The third-order valence-electron chi connectivity index (χ3n) is 2.82. The Morgan fingerprint density at radius 1 is 1.13 bits per heavy atom. The lowest BCUT2D eigenvalue weighted by atomic mass is 10.1. The van der Waals surface area contributed by atoms with E-state index in [0.29, 0.717) is 17.1 Å². The van der Waals surface area contributed by atoms with Crippen molar-refractivity contribution in [3.05, 3.63) is 78.4 Å². The van der Waals surface area contributed by atoms with Crippen molar-refractivity contribution in [1.82, 2.24) is 0 Å². The number of rotatable bonds is 6. The molecular formula is C19H15NO3. The van der Waals surface area contributed by atoms with Crippen LogP contribution < -0.4 is 4.74 Å². The summed E-state index contributed by atoms with van der Waals surface area (Å²) in [6.07, 6.45) is 2.91. The van der Waals surface area contributed by atoms with Crippen LogP contribution in [-0.4, -0.2) is 12.6 Å². The van der Waals surface area contributed by atoms with Crippen molar-refractivity contribution in [2.75, 3.05) is 6.61 Å². The molecule has 2 aromatic rings. The molecule has 0 aromatic heterocycles. The second-order valence-electron chi connectivity index (χ2n) is 4.54. The van der Waals surface area contributed by atoms with Crippen molar-refractivity contribution in [2.24, 2.45) is 0 Å². The van der Waals surface area contributed by atoms with Crippen LogP contribution in [0.15, 0.2) is 72.8 Å². The van der Waals surface area contributed by atoms with Crippen LogP contribution in [-0.2, 0) is 9.53 Å². The van der Waals surface area contributed by atoms with Gasteiger partial charge in [0.2, 0.25) is 0 Å². The van der Waals surface area contributed by atoms with E-state index in [-0.39, 0.29) is 12.2 Å². The van der Waals surface area contributed by atoms with Crippen molar-refractivity contribution in [3.8, 4) is 17.6 Å². The van der Waals surface area contributed by atoms with Crippen LogP contribution in [0.4, 0.5) is 0 Å². The molecule has 0 unspecified atom stereocenters. The Morgan fingerprint density at radius 3 is 2.57 bits per heavy atom. The highest BCUT2D eigenvalue weighted by molar-refractivity contribution is 5.97. The van der Waals surface area contributed by atoms with Gasteiger partial charge in [-0.05, 0) is 35.9 Å². The number of para-hydroxylation sites is 1. The summed E-state index contributed by atoms with van der Waals surface area (Å²) < 4.78 is 10.6. The molecule has 0 aliphatic rings. The summed E-state index contributed by atoms with van der Waals surface area (Å²) in [5, 5.41) is 9.09. The number of nitrogens with zero attached hydrogens (tertiary/aromatic N) is 1. The largest absolute Gasteiger partial charge is 0.457 e. The molecule has 0 saturated carbocycles. The molecule has 4 heteroatoms. The molecule has 2 aromatic carbocycles. The van der Waals surface area contributed by atoms with Gasteiger partial charge in [0, 0.05) is 0 Å². The minimum Gasteiger partial charge on any atom is -0.457 e. The van der Waals surface area contributed by atoms with E-state index < -0.39 is 5.97 Å². The van der Waals surface area contributed by atoms with Crippen molar-refractivity contribution >= 4 is 12.0 Å². The van der Waals surface area contributed by atoms with Crippen LogP contribution in [0.3, 0.4) is 0 Å². The number of carbonyl (C=O) groups is 1. The topological polar surface area (TPSA) is 59.3 Å². The number of benzene rings is 2. The smallest absolute Gasteiger partial charge is 0.349 e. The summed E-state index contributed by atoms with van der Waals surface area (Å²) in [6, 6.07) is 18.3. The van der Waals surface area contributed by atoms with Crippen LogP contribution in [0.1, 0.15) is 5.56 Å². The molecule has 114 valence electrons. The Kier molecular flexibility index (Phi) is 5.73. The average Bonchev–Trinajstić information content (AvgIpc) is 2.59. The van der Waals surface area contributed by atoms with Crippen LogP contribution >= 0.6 is 0 Å². The highest BCUT2D eigenvalue weighted by atomic mass is 16.5. The molecule has 0 fully saturated rings. The summed E-state index contributed by atoms with van der Waals surface area (Å²) in [7, 11) is 0. The maximum absolute atomic E-state index is 11.7. The highest BCUT2D eigenvalue weighted by Gasteiger charge is 2.10. The van der Waals surface area contributed by atoms with Gasteiger partial charge in [0.1, 0.15) is 29.7 Å². The zero-order valence-electron chi connectivity index (χ0n) is 12.4. The van der Waals surface area contributed by atoms with Gasteiger partial charge in [-0.3, -0.25) is 0 Å². The molecule has 2 rings (SSSR count). The number of ether oxygens (including phenoxy) is 2. The monoisotopic (exact) mass is 305 g/mol. The van der Waals surface area contributed by atoms with Gasteiger partial charge in [-0.25, -0.2) is 4.79 Å². The zero-order valence-corrected chi connectivity index (χ0v) is 12.4. The molecule has 0 bridgehead atoms. The molecule has 0 saturated heterocycles. The first-order chi connectivity index (χ1) is 11.2. The van der Waals surface area contributed by atoms with Crippen LogP contribution in [0.25, 0.3) is 6.08 Å². The fraction of sp³-hybridized carbons (Fsp3) is 0.0526. The second-order valence-corrected chi connectivity index (χ2v) is 4.54. The van der Waals surface area contributed by atoms with Crippen molar-refractivity contribution in [2.45, 2.75) is 0 Å². The van der Waals surface area contributed by atoms with E-state index in [1.165, 1.54) is 12.2 Å². The molecule has 23 heavy (non-hydrogen) atoms. The number of carbonyl (C=O) groups excluding carboxylic acids is 1. The van der Waals surface area contributed by atoms with Gasteiger partial charge in [0.25, 0.3) is 0 Å². The van der Waals surface area contributed by atoms with Gasteiger partial charge in [-0.1, -0.05) is 43.0 Å². The third kappa shape index (κ3) is 4.87. The summed E-state index contributed by atoms with van der Waals surface area (Å²) in [5.74, 6) is 0.642. The molecule has 0 spiro atoms. The fourth-order valence-corrected chi connectivity index (χ4v) is 1.81. The molecule has 4 nitrogen and oxygen atoms in total. The lowest BCUT2D eigenvalue weighted by Gasteiger charge is -2.06. The molecule has 0 amide bonds. The van der Waals surface area contributed by atoms with Gasteiger partial charge >= 0.3 is 5.97 Å². The molecule has 0 N–H and O–H groups in total. The van der Waals surface area contributed by atoms with E-state index in [1.54, 1.807) is 24.3 Å². The van der Waals surface area contributed by atoms with Gasteiger partial charge in [0.05, 0.1) is 0 Å². The van der Waals surface area contributed by atoms with Gasteiger partial charge in [-0.2, -0.15) is 5.26 Å². The number of nitriles is 1. The van der Waals surface area contributed by atoms with Gasteiger partial charge < -0.3 is 9.47 Å². The highest BCUT2D eigenvalue weighted by Crippen LogP contribution is 2.22.